The topological polar surface area (TPSA) is 62.3 Å². The van der Waals surface area contributed by atoms with E-state index in [2.05, 4.69) is 10.3 Å². The Balaban J connectivity index is 1.72. The van der Waals surface area contributed by atoms with E-state index in [1.54, 1.807) is 24.3 Å². The molecular formula is C17H16FN3O2. The van der Waals surface area contributed by atoms with Crippen molar-refractivity contribution in [3.05, 3.63) is 54.0 Å². The summed E-state index contributed by atoms with van der Waals surface area (Å²) in [6.07, 6.45) is 0.0615. The van der Waals surface area contributed by atoms with E-state index in [9.17, 15) is 14.0 Å². The fourth-order valence-corrected chi connectivity index (χ4v) is 2.63. The second-order valence-corrected chi connectivity index (χ2v) is 5.51. The van der Waals surface area contributed by atoms with Crippen LogP contribution < -0.4 is 10.2 Å². The number of benzene rings is 1. The molecule has 1 saturated heterocycles. The first kappa shape index (κ1) is 15.1. The van der Waals surface area contributed by atoms with E-state index in [0.29, 0.717) is 5.82 Å². The van der Waals surface area contributed by atoms with Crippen molar-refractivity contribution in [1.82, 2.24) is 4.98 Å². The number of amides is 2. The van der Waals surface area contributed by atoms with E-state index in [-0.39, 0.29) is 30.5 Å². The Hall–Kier alpha value is -2.76. The molecule has 0 spiro atoms. The van der Waals surface area contributed by atoms with Crippen molar-refractivity contribution in [3.8, 4) is 0 Å². The SMILES string of the molecule is Cc1cccc(NC(=O)[C@H]2CC(=O)N(c3ccccc3F)C2)n1. The first-order chi connectivity index (χ1) is 11.0. The Kier molecular flexibility index (Phi) is 4.06. The summed E-state index contributed by atoms with van der Waals surface area (Å²) in [7, 11) is 0. The molecule has 1 fully saturated rings. The lowest BCUT2D eigenvalue weighted by Gasteiger charge is -2.17. The van der Waals surface area contributed by atoms with Crippen molar-refractivity contribution in [3.63, 3.8) is 0 Å². The van der Waals surface area contributed by atoms with Crippen molar-refractivity contribution in [2.75, 3.05) is 16.8 Å². The summed E-state index contributed by atoms with van der Waals surface area (Å²) in [5.41, 5.74) is 1.000. The molecule has 0 aliphatic carbocycles. The van der Waals surface area contributed by atoms with Crippen LogP contribution in [0.2, 0.25) is 0 Å². The van der Waals surface area contributed by atoms with Gasteiger partial charge in [0.25, 0.3) is 0 Å². The Labute approximate surface area is 133 Å². The van der Waals surface area contributed by atoms with Crippen LogP contribution in [0.4, 0.5) is 15.9 Å². The van der Waals surface area contributed by atoms with Crippen LogP contribution in [0.3, 0.4) is 0 Å². The van der Waals surface area contributed by atoms with Gasteiger partial charge in [0.05, 0.1) is 11.6 Å². The first-order valence-electron chi connectivity index (χ1n) is 7.34. The number of pyridine rings is 1. The molecule has 1 aliphatic heterocycles. The minimum absolute atomic E-state index is 0.0615. The van der Waals surface area contributed by atoms with Gasteiger partial charge in [0, 0.05) is 18.7 Å². The molecule has 1 aromatic heterocycles. The summed E-state index contributed by atoms with van der Waals surface area (Å²) in [5, 5.41) is 2.71. The second-order valence-electron chi connectivity index (χ2n) is 5.51. The number of hydrogen-bond acceptors (Lipinski definition) is 3. The average Bonchev–Trinajstić information content (AvgIpc) is 2.90. The van der Waals surface area contributed by atoms with Gasteiger partial charge in [-0.25, -0.2) is 9.37 Å². The molecule has 2 aromatic rings. The molecule has 6 heteroatoms. The highest BCUT2D eigenvalue weighted by atomic mass is 19.1. The van der Waals surface area contributed by atoms with Gasteiger partial charge in [-0.15, -0.1) is 0 Å². The number of aryl methyl sites for hydroxylation is 1. The fraction of sp³-hybridized carbons (Fsp3) is 0.235. The standard InChI is InChI=1S/C17H16FN3O2/c1-11-5-4-8-15(19-11)20-17(23)12-9-16(22)21(10-12)14-7-3-2-6-13(14)18/h2-8,12H,9-10H2,1H3,(H,19,20,23)/t12-/m0/s1. The maximum absolute atomic E-state index is 13.8. The largest absolute Gasteiger partial charge is 0.310 e. The third-order valence-electron chi connectivity index (χ3n) is 3.78. The minimum atomic E-state index is -0.524. The third kappa shape index (κ3) is 3.21. The van der Waals surface area contributed by atoms with Crippen LogP contribution in [0.5, 0.6) is 0 Å². The van der Waals surface area contributed by atoms with Crippen LogP contribution >= 0.6 is 0 Å². The fourth-order valence-electron chi connectivity index (χ4n) is 2.63. The van der Waals surface area contributed by atoms with Gasteiger partial charge in [-0.3, -0.25) is 9.59 Å². The highest BCUT2D eigenvalue weighted by Crippen LogP contribution is 2.27. The normalized spacial score (nSPS) is 17.4. The number of carbonyl (C=O) groups excluding carboxylic acids is 2. The molecule has 3 rings (SSSR count). The van der Waals surface area contributed by atoms with Gasteiger partial charge in [0.15, 0.2) is 0 Å². The molecule has 1 atom stereocenters. The molecule has 1 N–H and O–H groups in total. The van der Waals surface area contributed by atoms with Gasteiger partial charge in [-0.2, -0.15) is 0 Å². The van der Waals surface area contributed by atoms with Gasteiger partial charge in [-0.05, 0) is 31.2 Å². The lowest BCUT2D eigenvalue weighted by molar-refractivity contribution is -0.122. The zero-order valence-corrected chi connectivity index (χ0v) is 12.6. The van der Waals surface area contributed by atoms with Crippen molar-refractivity contribution in [1.29, 1.82) is 0 Å². The number of hydrogen-bond donors (Lipinski definition) is 1. The van der Waals surface area contributed by atoms with Crippen LogP contribution in [0.1, 0.15) is 12.1 Å². The quantitative estimate of drug-likeness (QED) is 0.947. The van der Waals surface area contributed by atoms with Crippen LogP contribution in [-0.2, 0) is 9.59 Å². The summed E-state index contributed by atoms with van der Waals surface area (Å²) in [6, 6.07) is 11.4. The smallest absolute Gasteiger partial charge is 0.230 e. The van der Waals surface area contributed by atoms with E-state index in [0.717, 1.165) is 5.69 Å². The van der Waals surface area contributed by atoms with E-state index < -0.39 is 11.7 Å². The lowest BCUT2D eigenvalue weighted by atomic mass is 10.1. The third-order valence-corrected chi connectivity index (χ3v) is 3.78. The molecule has 5 nitrogen and oxygen atoms in total. The highest BCUT2D eigenvalue weighted by molar-refractivity contribution is 6.03. The molecule has 23 heavy (non-hydrogen) atoms. The molecule has 1 aliphatic rings. The van der Waals surface area contributed by atoms with E-state index in [1.807, 2.05) is 13.0 Å². The number of carbonyl (C=O) groups is 2. The molecule has 2 amide bonds. The molecule has 2 heterocycles. The van der Waals surface area contributed by atoms with E-state index in [1.165, 1.54) is 17.0 Å². The molecule has 0 saturated carbocycles. The Morgan fingerprint density at radius 1 is 1.26 bits per heavy atom. The number of anilines is 2. The van der Waals surface area contributed by atoms with Crippen molar-refractivity contribution in [2.24, 2.45) is 5.92 Å². The molecule has 0 bridgehead atoms. The summed E-state index contributed by atoms with van der Waals surface area (Å²) in [4.78, 5) is 29.9. The molecule has 0 radical (unpaired) electrons. The van der Waals surface area contributed by atoms with Crippen LogP contribution in [0.25, 0.3) is 0 Å². The number of nitrogens with one attached hydrogen (secondary N) is 1. The minimum Gasteiger partial charge on any atom is -0.310 e. The number of para-hydroxylation sites is 1. The number of aromatic nitrogens is 1. The zero-order chi connectivity index (χ0) is 16.4. The summed E-state index contributed by atoms with van der Waals surface area (Å²) in [6.45, 7) is 1.99. The zero-order valence-electron chi connectivity index (χ0n) is 12.6. The predicted molar refractivity (Wildman–Crippen MR) is 84.5 cm³/mol. The number of nitrogens with zero attached hydrogens (tertiary/aromatic N) is 2. The van der Waals surface area contributed by atoms with E-state index >= 15 is 0 Å². The van der Waals surface area contributed by atoms with Crippen LogP contribution in [0.15, 0.2) is 42.5 Å². The first-order valence-corrected chi connectivity index (χ1v) is 7.34. The predicted octanol–water partition coefficient (Wildman–Crippen LogP) is 2.52. The monoisotopic (exact) mass is 313 g/mol. The Morgan fingerprint density at radius 2 is 2.04 bits per heavy atom. The maximum atomic E-state index is 13.8. The van der Waals surface area contributed by atoms with E-state index in [4.69, 9.17) is 0 Å². The molecule has 1 aromatic carbocycles. The van der Waals surface area contributed by atoms with Gasteiger partial charge in [0.1, 0.15) is 11.6 Å². The Bertz CT molecular complexity index is 763. The summed E-state index contributed by atoms with van der Waals surface area (Å²) >= 11 is 0. The summed E-state index contributed by atoms with van der Waals surface area (Å²) < 4.78 is 13.8. The summed E-state index contributed by atoms with van der Waals surface area (Å²) in [5.74, 6) is -1.08. The Morgan fingerprint density at radius 3 is 2.78 bits per heavy atom. The lowest BCUT2D eigenvalue weighted by Crippen LogP contribution is -2.28. The number of halogens is 1. The van der Waals surface area contributed by atoms with Gasteiger partial charge >= 0.3 is 0 Å². The van der Waals surface area contributed by atoms with Gasteiger partial charge in [-0.1, -0.05) is 18.2 Å². The molecular weight excluding hydrogens is 297 g/mol. The van der Waals surface area contributed by atoms with Gasteiger partial charge < -0.3 is 10.2 Å². The van der Waals surface area contributed by atoms with Gasteiger partial charge in [0.2, 0.25) is 11.8 Å². The van der Waals surface area contributed by atoms with Crippen molar-refractivity contribution in [2.45, 2.75) is 13.3 Å². The number of rotatable bonds is 3. The van der Waals surface area contributed by atoms with Crippen LogP contribution in [0, 0.1) is 18.7 Å². The average molecular weight is 313 g/mol. The second kappa shape index (κ2) is 6.16. The van der Waals surface area contributed by atoms with Crippen LogP contribution in [-0.4, -0.2) is 23.3 Å². The molecule has 0 unspecified atom stereocenters. The van der Waals surface area contributed by atoms with Crippen molar-refractivity contribution >= 4 is 23.3 Å². The maximum Gasteiger partial charge on any atom is 0.230 e. The van der Waals surface area contributed by atoms with Crippen molar-refractivity contribution < 1.29 is 14.0 Å². The highest BCUT2D eigenvalue weighted by Gasteiger charge is 2.36. The molecule has 118 valence electrons.